The van der Waals surface area contributed by atoms with Crippen molar-refractivity contribution < 1.29 is 14.6 Å². The second-order valence-electron chi connectivity index (χ2n) is 10.7. The Labute approximate surface area is 239 Å². The molecule has 0 bridgehead atoms. The first-order valence-corrected chi connectivity index (χ1v) is 13.9. The lowest BCUT2D eigenvalue weighted by atomic mass is 9.92. The first kappa shape index (κ1) is 27.7. The van der Waals surface area contributed by atoms with E-state index in [0.717, 1.165) is 60.9 Å². The first-order chi connectivity index (χ1) is 19.3. The maximum atomic E-state index is 11.9. The van der Waals surface area contributed by atoms with Gasteiger partial charge in [-0.1, -0.05) is 43.2 Å². The Morgan fingerprint density at radius 2 is 1.82 bits per heavy atom. The van der Waals surface area contributed by atoms with E-state index in [9.17, 15) is 9.90 Å². The van der Waals surface area contributed by atoms with E-state index in [2.05, 4.69) is 57.7 Å². The number of fused-ring (bicyclic) bond motifs is 1. The molecular formula is C31H34ClN5O3. The van der Waals surface area contributed by atoms with E-state index in [4.69, 9.17) is 16.3 Å². The third-order valence-electron chi connectivity index (χ3n) is 7.16. The molecule has 0 spiro atoms. The zero-order chi connectivity index (χ0) is 28.2. The van der Waals surface area contributed by atoms with E-state index < -0.39 is 5.97 Å². The minimum absolute atomic E-state index is 0.128. The smallest absolute Gasteiger partial charge is 0.358 e. The van der Waals surface area contributed by atoms with Crippen molar-refractivity contribution in [3.8, 4) is 11.5 Å². The summed E-state index contributed by atoms with van der Waals surface area (Å²) in [5.41, 5.74) is 5.45. The number of nitrogens with one attached hydrogen (secondary N) is 1. The molecule has 0 amide bonds. The molecule has 8 nitrogen and oxygen atoms in total. The summed E-state index contributed by atoms with van der Waals surface area (Å²) in [5.74, 6) is 0.0702. The molecule has 0 radical (unpaired) electrons. The van der Waals surface area contributed by atoms with Crippen LogP contribution in [0.25, 0.3) is 16.6 Å². The predicted octanol–water partition coefficient (Wildman–Crippen LogP) is 6.74. The number of H-pyrrole nitrogens is 1. The lowest BCUT2D eigenvalue weighted by molar-refractivity contribution is 0.0687. The largest absolute Gasteiger partial charge is 0.476 e. The number of carbonyl (C=O) groups is 1. The van der Waals surface area contributed by atoms with Crippen LogP contribution >= 0.6 is 11.6 Å². The number of aromatic carboxylic acids is 1. The molecule has 1 fully saturated rings. The number of rotatable bonds is 9. The molecule has 208 valence electrons. The van der Waals surface area contributed by atoms with Crippen molar-refractivity contribution in [1.82, 2.24) is 19.9 Å². The number of carboxylic acids is 1. The van der Waals surface area contributed by atoms with Crippen LogP contribution in [-0.4, -0.2) is 63.7 Å². The van der Waals surface area contributed by atoms with Crippen LogP contribution in [0.2, 0.25) is 5.02 Å². The Bertz CT molecular complexity index is 1520. The molecule has 5 rings (SSSR count). The van der Waals surface area contributed by atoms with E-state index in [-0.39, 0.29) is 11.4 Å². The first-order valence-electron chi connectivity index (χ1n) is 13.5. The summed E-state index contributed by atoms with van der Waals surface area (Å²) in [6.07, 6.45) is 6.01. The Hall–Kier alpha value is -3.88. The molecular weight excluding hydrogens is 526 g/mol. The number of aromatic nitrogens is 3. The Kier molecular flexibility index (Phi) is 8.38. The minimum atomic E-state index is -1.14. The molecule has 0 unspecified atom stereocenters. The van der Waals surface area contributed by atoms with Crippen molar-refractivity contribution >= 4 is 39.9 Å². The zero-order valence-electron chi connectivity index (χ0n) is 23.0. The molecule has 3 aromatic heterocycles. The molecule has 2 N–H and O–H groups in total. The average molecular weight is 560 g/mol. The highest BCUT2D eigenvalue weighted by Crippen LogP contribution is 2.31. The SMILES string of the molecule is C/C(CN1CCN(c2cnc(C(=O)O)c(Oc3cnc4[nH]ccc4c3)c2)CC1)=C(\CC(C)C)c1ccc(Cl)cc1. The van der Waals surface area contributed by atoms with Crippen LogP contribution < -0.4 is 9.64 Å². The fourth-order valence-corrected chi connectivity index (χ4v) is 5.27. The van der Waals surface area contributed by atoms with Gasteiger partial charge < -0.3 is 19.7 Å². The number of ether oxygens (including phenoxy) is 1. The highest BCUT2D eigenvalue weighted by atomic mass is 35.5. The van der Waals surface area contributed by atoms with Crippen LogP contribution in [0.15, 0.2) is 66.6 Å². The van der Waals surface area contributed by atoms with Gasteiger partial charge in [-0.2, -0.15) is 0 Å². The number of nitrogens with zero attached hydrogens (tertiary/aromatic N) is 4. The van der Waals surface area contributed by atoms with Gasteiger partial charge in [0, 0.05) is 55.4 Å². The van der Waals surface area contributed by atoms with Crippen molar-refractivity contribution in [3.63, 3.8) is 0 Å². The molecule has 0 aliphatic carbocycles. The molecule has 1 aliphatic rings. The average Bonchev–Trinajstić information content (AvgIpc) is 3.40. The third kappa shape index (κ3) is 6.46. The van der Waals surface area contributed by atoms with Gasteiger partial charge in [0.2, 0.25) is 0 Å². The maximum absolute atomic E-state index is 11.9. The summed E-state index contributed by atoms with van der Waals surface area (Å²) in [6, 6.07) is 13.6. The Morgan fingerprint density at radius 1 is 1.07 bits per heavy atom. The van der Waals surface area contributed by atoms with Crippen LogP contribution in [0, 0.1) is 5.92 Å². The number of anilines is 1. The van der Waals surface area contributed by atoms with Gasteiger partial charge in [-0.15, -0.1) is 0 Å². The number of halogens is 1. The number of benzene rings is 1. The zero-order valence-corrected chi connectivity index (χ0v) is 23.8. The van der Waals surface area contributed by atoms with Crippen LogP contribution in [0.4, 0.5) is 5.69 Å². The van der Waals surface area contributed by atoms with Crippen LogP contribution in [0.1, 0.15) is 43.2 Å². The highest BCUT2D eigenvalue weighted by Gasteiger charge is 2.22. The van der Waals surface area contributed by atoms with E-state index in [1.165, 1.54) is 16.7 Å². The number of aromatic amines is 1. The summed E-state index contributed by atoms with van der Waals surface area (Å²) in [7, 11) is 0. The van der Waals surface area contributed by atoms with Gasteiger partial charge in [-0.05, 0) is 54.7 Å². The van der Waals surface area contributed by atoms with Gasteiger partial charge in [0.15, 0.2) is 11.4 Å². The molecule has 1 aliphatic heterocycles. The quantitative estimate of drug-likeness (QED) is 0.234. The summed E-state index contributed by atoms with van der Waals surface area (Å²) < 4.78 is 5.99. The van der Waals surface area contributed by atoms with E-state index >= 15 is 0 Å². The molecule has 4 heterocycles. The van der Waals surface area contributed by atoms with Crippen LogP contribution in [0.3, 0.4) is 0 Å². The third-order valence-corrected chi connectivity index (χ3v) is 7.41. The van der Waals surface area contributed by atoms with Crippen molar-refractivity contribution in [2.75, 3.05) is 37.6 Å². The van der Waals surface area contributed by atoms with Gasteiger partial charge in [-0.25, -0.2) is 14.8 Å². The van der Waals surface area contributed by atoms with E-state index in [0.29, 0.717) is 11.7 Å². The van der Waals surface area contributed by atoms with E-state index in [1.807, 2.05) is 24.3 Å². The van der Waals surface area contributed by atoms with Crippen molar-refractivity contribution in [2.45, 2.75) is 27.2 Å². The summed E-state index contributed by atoms with van der Waals surface area (Å²) in [5, 5.41) is 11.3. The Balaban J connectivity index is 1.29. The summed E-state index contributed by atoms with van der Waals surface area (Å²) in [6.45, 7) is 11.0. The number of pyridine rings is 2. The lowest BCUT2D eigenvalue weighted by Gasteiger charge is -2.36. The number of hydrogen-bond acceptors (Lipinski definition) is 6. The minimum Gasteiger partial charge on any atom is -0.476 e. The van der Waals surface area contributed by atoms with E-state index in [1.54, 1.807) is 24.7 Å². The second-order valence-corrected chi connectivity index (χ2v) is 11.1. The fourth-order valence-electron chi connectivity index (χ4n) is 5.14. The van der Waals surface area contributed by atoms with Gasteiger partial charge in [-0.3, -0.25) is 4.90 Å². The Morgan fingerprint density at radius 3 is 2.52 bits per heavy atom. The molecule has 1 aromatic carbocycles. The van der Waals surface area contributed by atoms with Crippen molar-refractivity contribution in [1.29, 1.82) is 0 Å². The maximum Gasteiger partial charge on any atom is 0.358 e. The van der Waals surface area contributed by atoms with Gasteiger partial charge in [0.1, 0.15) is 11.4 Å². The van der Waals surface area contributed by atoms with Gasteiger partial charge >= 0.3 is 5.97 Å². The summed E-state index contributed by atoms with van der Waals surface area (Å²) in [4.78, 5) is 28.2. The second kappa shape index (κ2) is 12.1. The highest BCUT2D eigenvalue weighted by molar-refractivity contribution is 6.30. The molecule has 4 aromatic rings. The molecule has 0 saturated carbocycles. The normalized spacial score (nSPS) is 15.0. The molecule has 0 atom stereocenters. The molecule has 40 heavy (non-hydrogen) atoms. The number of hydrogen-bond donors (Lipinski definition) is 2. The monoisotopic (exact) mass is 559 g/mol. The topological polar surface area (TPSA) is 94.6 Å². The standard InChI is InChI=1S/C31H34ClN5O3/c1-20(2)14-27(22-4-6-24(32)7-5-22)21(3)19-36-10-12-37(13-11-36)25-16-28(29(31(38)39)34-17-25)40-26-15-23-8-9-33-30(23)35-18-26/h4-9,15-18,20H,10-14,19H2,1-3H3,(H,33,35)(H,38,39)/b27-21-. The molecule has 1 saturated heterocycles. The van der Waals surface area contributed by atoms with Crippen LogP contribution in [-0.2, 0) is 0 Å². The number of allylic oxidation sites excluding steroid dienone is 1. The number of piperazine rings is 1. The molecule has 9 heteroatoms. The summed E-state index contributed by atoms with van der Waals surface area (Å²) >= 11 is 6.14. The van der Waals surface area contributed by atoms with Crippen molar-refractivity contribution in [3.05, 3.63) is 82.9 Å². The van der Waals surface area contributed by atoms with Crippen LogP contribution in [0.5, 0.6) is 11.5 Å². The number of carboxylic acid groups (broad SMARTS) is 1. The predicted molar refractivity (Wildman–Crippen MR) is 160 cm³/mol. The fraction of sp³-hybridized carbons (Fsp3) is 0.323. The van der Waals surface area contributed by atoms with Crippen molar-refractivity contribution in [2.24, 2.45) is 5.92 Å². The lowest BCUT2D eigenvalue weighted by Crippen LogP contribution is -2.47. The van der Waals surface area contributed by atoms with Gasteiger partial charge in [0.25, 0.3) is 0 Å². The van der Waals surface area contributed by atoms with Gasteiger partial charge in [0.05, 0.1) is 18.1 Å².